The summed E-state index contributed by atoms with van der Waals surface area (Å²) in [4.78, 5) is 35.6. The topological polar surface area (TPSA) is 121 Å². The van der Waals surface area contributed by atoms with Gasteiger partial charge in [-0.05, 0) is 32.9 Å². The van der Waals surface area contributed by atoms with Crippen molar-refractivity contribution in [3.05, 3.63) is 29.8 Å². The Bertz CT molecular complexity index is 697. The lowest BCUT2D eigenvalue weighted by atomic mass is 10.2. The van der Waals surface area contributed by atoms with Crippen LogP contribution < -0.4 is 15.6 Å². The van der Waals surface area contributed by atoms with Gasteiger partial charge < -0.3 is 5.32 Å². The van der Waals surface area contributed by atoms with E-state index in [1.165, 1.54) is 31.2 Å². The monoisotopic (exact) mass is 327 g/mol. The number of nitrogens with one attached hydrogen (secondary N) is 3. The van der Waals surface area contributed by atoms with E-state index in [4.69, 9.17) is 0 Å². The Labute approximate surface area is 128 Å². The van der Waals surface area contributed by atoms with Crippen molar-refractivity contribution in [1.82, 2.24) is 15.6 Å². The summed E-state index contributed by atoms with van der Waals surface area (Å²) >= 11 is 0. The minimum atomic E-state index is -4.09. The van der Waals surface area contributed by atoms with Crippen molar-refractivity contribution in [2.75, 3.05) is 0 Å². The van der Waals surface area contributed by atoms with E-state index >= 15 is 0 Å². The average Bonchev–Trinajstić information content (AvgIpc) is 2.44. The summed E-state index contributed by atoms with van der Waals surface area (Å²) in [5.41, 5.74) is 2.02. The third kappa shape index (κ3) is 4.93. The predicted molar refractivity (Wildman–Crippen MR) is 78.2 cm³/mol. The quantitative estimate of drug-likeness (QED) is 0.390. The van der Waals surface area contributed by atoms with Crippen LogP contribution in [0.1, 0.15) is 31.1 Å². The van der Waals surface area contributed by atoms with Gasteiger partial charge in [0.15, 0.2) is 5.78 Å². The molecule has 9 heteroatoms. The molecule has 0 saturated heterocycles. The number of ketones is 1. The minimum Gasteiger partial charge on any atom is -0.346 e. The molecule has 0 fully saturated rings. The first-order valence-electron chi connectivity index (χ1n) is 6.37. The first kappa shape index (κ1) is 17.8. The number of hydrogen-bond acceptors (Lipinski definition) is 5. The highest BCUT2D eigenvalue weighted by atomic mass is 32.2. The lowest BCUT2D eigenvalue weighted by Gasteiger charge is -2.10. The lowest BCUT2D eigenvalue weighted by molar-refractivity contribution is -0.139. The summed E-state index contributed by atoms with van der Waals surface area (Å²) in [6.07, 6.45) is 0. The maximum Gasteiger partial charge on any atom is 0.324 e. The summed E-state index contributed by atoms with van der Waals surface area (Å²) in [6, 6.07) is 5.04. The van der Waals surface area contributed by atoms with E-state index < -0.39 is 21.8 Å². The summed E-state index contributed by atoms with van der Waals surface area (Å²) < 4.78 is 24.0. The van der Waals surface area contributed by atoms with Crippen molar-refractivity contribution in [2.24, 2.45) is 0 Å². The molecule has 120 valence electrons. The van der Waals surface area contributed by atoms with Gasteiger partial charge in [-0.3, -0.25) is 19.8 Å². The first-order chi connectivity index (χ1) is 10.1. The fraction of sp³-hybridized carbons (Fsp3) is 0.308. The zero-order chi connectivity index (χ0) is 16.9. The second-order valence-electron chi connectivity index (χ2n) is 4.77. The van der Waals surface area contributed by atoms with Crippen LogP contribution in [0.4, 0.5) is 0 Å². The molecule has 0 aliphatic heterocycles. The standard InChI is InChI=1S/C13H17N3O5S/c1-8(2)14-12(18)13(19)15-16-22(20,21)11-6-4-5-10(7-11)9(3)17/h4-8,16H,1-3H3,(H,14,18)(H,15,19). The third-order valence-corrected chi connectivity index (χ3v) is 3.72. The SMILES string of the molecule is CC(=O)c1cccc(S(=O)(=O)NNC(=O)C(=O)NC(C)C)c1. The lowest BCUT2D eigenvalue weighted by Crippen LogP contribution is -2.49. The predicted octanol–water partition coefficient (Wildman–Crippen LogP) is -0.277. The van der Waals surface area contributed by atoms with Gasteiger partial charge >= 0.3 is 11.8 Å². The Hall–Kier alpha value is -2.26. The van der Waals surface area contributed by atoms with Crippen LogP contribution in [-0.4, -0.2) is 32.1 Å². The van der Waals surface area contributed by atoms with Gasteiger partial charge in [-0.25, -0.2) is 8.42 Å². The van der Waals surface area contributed by atoms with E-state index in [9.17, 15) is 22.8 Å². The molecule has 0 heterocycles. The fourth-order valence-electron chi connectivity index (χ4n) is 1.44. The van der Waals surface area contributed by atoms with Gasteiger partial charge in [-0.15, -0.1) is 4.83 Å². The molecule has 22 heavy (non-hydrogen) atoms. The number of hydrazine groups is 1. The molecule has 0 atom stereocenters. The molecule has 0 bridgehead atoms. The van der Waals surface area contributed by atoms with Gasteiger partial charge in [0.05, 0.1) is 4.90 Å². The highest BCUT2D eigenvalue weighted by molar-refractivity contribution is 7.89. The van der Waals surface area contributed by atoms with Gasteiger partial charge in [-0.2, -0.15) is 0 Å². The maximum atomic E-state index is 12.0. The molecule has 1 aromatic rings. The van der Waals surface area contributed by atoms with Crippen molar-refractivity contribution in [2.45, 2.75) is 31.7 Å². The van der Waals surface area contributed by atoms with Crippen LogP contribution in [0.2, 0.25) is 0 Å². The Balaban J connectivity index is 2.80. The van der Waals surface area contributed by atoms with Gasteiger partial charge in [0.2, 0.25) is 0 Å². The summed E-state index contributed by atoms with van der Waals surface area (Å²) in [7, 11) is -4.09. The van der Waals surface area contributed by atoms with Gasteiger partial charge in [0.1, 0.15) is 0 Å². The zero-order valence-corrected chi connectivity index (χ0v) is 13.2. The van der Waals surface area contributed by atoms with E-state index in [1.54, 1.807) is 24.1 Å². The van der Waals surface area contributed by atoms with E-state index in [0.29, 0.717) is 0 Å². The number of hydrogen-bond donors (Lipinski definition) is 3. The van der Waals surface area contributed by atoms with Crippen LogP contribution in [0.3, 0.4) is 0 Å². The van der Waals surface area contributed by atoms with E-state index in [1.807, 2.05) is 0 Å². The summed E-state index contributed by atoms with van der Waals surface area (Å²) in [6.45, 7) is 4.61. The molecular formula is C13H17N3O5S. The van der Waals surface area contributed by atoms with E-state index in [2.05, 4.69) is 5.32 Å². The van der Waals surface area contributed by atoms with Crippen molar-refractivity contribution in [3.63, 3.8) is 0 Å². The number of carbonyl (C=O) groups is 3. The minimum absolute atomic E-state index is 0.204. The normalized spacial score (nSPS) is 11.1. The molecule has 1 aromatic carbocycles. The number of carbonyl (C=O) groups excluding carboxylic acids is 3. The van der Waals surface area contributed by atoms with Crippen LogP contribution in [0.25, 0.3) is 0 Å². The molecule has 3 N–H and O–H groups in total. The molecule has 0 aliphatic carbocycles. The Kier molecular flexibility index (Phi) is 5.77. The van der Waals surface area contributed by atoms with Gasteiger partial charge in [-0.1, -0.05) is 12.1 Å². The zero-order valence-electron chi connectivity index (χ0n) is 12.3. The fourth-order valence-corrected chi connectivity index (χ4v) is 2.32. The summed E-state index contributed by atoms with van der Waals surface area (Å²) in [5.74, 6) is -2.40. The molecule has 0 spiro atoms. The first-order valence-corrected chi connectivity index (χ1v) is 7.85. The van der Waals surface area contributed by atoms with E-state index in [-0.39, 0.29) is 22.3 Å². The third-order valence-electron chi connectivity index (χ3n) is 2.48. The van der Waals surface area contributed by atoms with Crippen LogP contribution in [0, 0.1) is 0 Å². The molecule has 0 radical (unpaired) electrons. The smallest absolute Gasteiger partial charge is 0.324 e. The van der Waals surface area contributed by atoms with Crippen LogP contribution in [-0.2, 0) is 19.6 Å². The Morgan fingerprint density at radius 2 is 1.73 bits per heavy atom. The van der Waals surface area contributed by atoms with Crippen LogP contribution in [0.15, 0.2) is 29.2 Å². The number of sulfonamides is 1. The van der Waals surface area contributed by atoms with Crippen molar-refractivity contribution in [1.29, 1.82) is 0 Å². The molecular weight excluding hydrogens is 310 g/mol. The second kappa shape index (κ2) is 7.14. The van der Waals surface area contributed by atoms with Crippen molar-refractivity contribution >= 4 is 27.6 Å². The van der Waals surface area contributed by atoms with E-state index in [0.717, 1.165) is 0 Å². The molecule has 0 aromatic heterocycles. The highest BCUT2D eigenvalue weighted by Gasteiger charge is 2.19. The number of amides is 2. The molecule has 0 aliphatic rings. The van der Waals surface area contributed by atoms with Crippen LogP contribution in [0.5, 0.6) is 0 Å². The number of Topliss-reactive ketones (excluding diaryl/α,β-unsaturated/α-hetero) is 1. The Morgan fingerprint density at radius 3 is 2.27 bits per heavy atom. The van der Waals surface area contributed by atoms with Gasteiger partial charge in [0, 0.05) is 11.6 Å². The highest BCUT2D eigenvalue weighted by Crippen LogP contribution is 2.11. The average molecular weight is 327 g/mol. The second-order valence-corrected chi connectivity index (χ2v) is 6.45. The molecule has 0 saturated carbocycles. The molecule has 8 nitrogen and oxygen atoms in total. The van der Waals surface area contributed by atoms with Gasteiger partial charge in [0.25, 0.3) is 10.0 Å². The number of benzene rings is 1. The van der Waals surface area contributed by atoms with Crippen molar-refractivity contribution in [3.8, 4) is 0 Å². The maximum absolute atomic E-state index is 12.0. The molecule has 1 rings (SSSR count). The Morgan fingerprint density at radius 1 is 1.09 bits per heavy atom. The molecule has 2 amide bonds. The van der Waals surface area contributed by atoms with Crippen LogP contribution >= 0.6 is 0 Å². The number of rotatable bonds is 5. The molecule has 0 unspecified atom stereocenters. The van der Waals surface area contributed by atoms with Crippen molar-refractivity contribution < 1.29 is 22.8 Å². The summed E-state index contributed by atoms with van der Waals surface area (Å²) in [5, 5.41) is 2.31. The largest absolute Gasteiger partial charge is 0.346 e.